The van der Waals surface area contributed by atoms with Crippen LogP contribution >= 0.6 is 0 Å². The highest BCUT2D eigenvalue weighted by Gasteiger charge is 2.24. The molecule has 1 aliphatic heterocycles. The van der Waals surface area contributed by atoms with E-state index in [-0.39, 0.29) is 11.9 Å². The molecule has 2 heterocycles. The Hall–Kier alpha value is -2.86. The fourth-order valence-electron chi connectivity index (χ4n) is 3.78. The van der Waals surface area contributed by atoms with Crippen molar-refractivity contribution in [1.82, 2.24) is 20.4 Å². The number of rotatable bonds is 6. The number of para-hydroxylation sites is 1. The summed E-state index contributed by atoms with van der Waals surface area (Å²) in [4.78, 5) is 15.3. The molecule has 4 rings (SSSR count). The molecule has 1 fully saturated rings. The first-order valence-corrected chi connectivity index (χ1v) is 9.34. The number of nitrogens with one attached hydrogen (secondary N) is 2. The van der Waals surface area contributed by atoms with E-state index in [4.69, 9.17) is 4.74 Å². The van der Waals surface area contributed by atoms with Crippen molar-refractivity contribution in [2.45, 2.75) is 18.9 Å². The van der Waals surface area contributed by atoms with E-state index in [1.165, 1.54) is 18.4 Å². The van der Waals surface area contributed by atoms with Crippen LogP contribution in [0.2, 0.25) is 0 Å². The summed E-state index contributed by atoms with van der Waals surface area (Å²) in [5.74, 6) is 0.761. The number of carbonyl (C=O) groups excluding carboxylic acids is 1. The smallest absolute Gasteiger partial charge is 0.253 e. The zero-order valence-corrected chi connectivity index (χ0v) is 15.4. The van der Waals surface area contributed by atoms with Gasteiger partial charge in [0.1, 0.15) is 5.75 Å². The van der Waals surface area contributed by atoms with Crippen molar-refractivity contribution in [2.24, 2.45) is 0 Å². The summed E-state index contributed by atoms with van der Waals surface area (Å²) in [7, 11) is 1.67. The number of benzene rings is 2. The zero-order chi connectivity index (χ0) is 18.6. The lowest BCUT2D eigenvalue weighted by Crippen LogP contribution is -2.36. The maximum absolute atomic E-state index is 12.8. The molecule has 0 spiro atoms. The molecule has 1 saturated heterocycles. The second-order valence-corrected chi connectivity index (χ2v) is 6.88. The molecule has 2 aromatic carbocycles. The van der Waals surface area contributed by atoms with Gasteiger partial charge in [0.25, 0.3) is 5.91 Å². The van der Waals surface area contributed by atoms with Crippen molar-refractivity contribution >= 4 is 16.8 Å². The molecule has 2 N–H and O–H groups in total. The average Bonchev–Trinajstić information content (AvgIpc) is 3.40. The van der Waals surface area contributed by atoms with E-state index >= 15 is 0 Å². The van der Waals surface area contributed by atoms with Crippen LogP contribution in [0.3, 0.4) is 0 Å². The molecule has 1 atom stereocenters. The third-order valence-electron chi connectivity index (χ3n) is 5.26. The van der Waals surface area contributed by atoms with Crippen molar-refractivity contribution in [3.05, 3.63) is 59.8 Å². The quantitative estimate of drug-likeness (QED) is 0.705. The number of H-pyrrole nitrogens is 1. The molecule has 140 valence electrons. The summed E-state index contributed by atoms with van der Waals surface area (Å²) in [6.45, 7) is 2.68. The number of amides is 1. The predicted octanol–water partition coefficient (Wildman–Crippen LogP) is 3.14. The van der Waals surface area contributed by atoms with Crippen LogP contribution in [0.15, 0.2) is 48.7 Å². The van der Waals surface area contributed by atoms with Crippen LogP contribution in [0.4, 0.5) is 0 Å². The Balaban J connectivity index is 1.52. The number of aromatic amines is 1. The van der Waals surface area contributed by atoms with Crippen LogP contribution in [0.1, 0.15) is 34.8 Å². The maximum Gasteiger partial charge on any atom is 0.253 e. The minimum atomic E-state index is -0.0810. The van der Waals surface area contributed by atoms with Gasteiger partial charge in [-0.3, -0.25) is 14.8 Å². The Bertz CT molecular complexity index is 913. The summed E-state index contributed by atoms with van der Waals surface area (Å²) >= 11 is 0. The third kappa shape index (κ3) is 3.66. The number of ether oxygens (including phenoxy) is 1. The Morgan fingerprint density at radius 1 is 1.22 bits per heavy atom. The number of aromatic nitrogens is 2. The van der Waals surface area contributed by atoms with Gasteiger partial charge in [-0.2, -0.15) is 5.10 Å². The number of nitrogens with zero attached hydrogens (tertiary/aromatic N) is 2. The van der Waals surface area contributed by atoms with Gasteiger partial charge in [-0.1, -0.05) is 24.3 Å². The van der Waals surface area contributed by atoms with E-state index in [0.29, 0.717) is 12.1 Å². The van der Waals surface area contributed by atoms with Crippen molar-refractivity contribution in [3.8, 4) is 5.75 Å². The fraction of sp³-hybridized carbons (Fsp3) is 0.333. The highest BCUT2D eigenvalue weighted by Crippen LogP contribution is 2.26. The molecule has 0 aliphatic carbocycles. The molecule has 6 nitrogen and oxygen atoms in total. The monoisotopic (exact) mass is 364 g/mol. The number of likely N-dealkylation sites (tertiary alicyclic amines) is 1. The van der Waals surface area contributed by atoms with Crippen LogP contribution in [0.25, 0.3) is 10.9 Å². The largest absolute Gasteiger partial charge is 0.497 e. The molecular formula is C21H24N4O2. The van der Waals surface area contributed by atoms with Crippen molar-refractivity contribution in [3.63, 3.8) is 0 Å². The topological polar surface area (TPSA) is 70.2 Å². The first-order valence-electron chi connectivity index (χ1n) is 9.34. The Kier molecular flexibility index (Phi) is 5.07. The second kappa shape index (κ2) is 7.80. The van der Waals surface area contributed by atoms with Crippen LogP contribution in [-0.2, 0) is 0 Å². The molecule has 1 aliphatic rings. The van der Waals surface area contributed by atoms with E-state index in [1.807, 2.05) is 30.3 Å². The Morgan fingerprint density at radius 3 is 2.74 bits per heavy atom. The fourth-order valence-corrected chi connectivity index (χ4v) is 3.78. The SMILES string of the molecule is COc1ccc(C(CNC(=O)c2cccc3cn[nH]c23)N2CCCC2)cc1. The van der Waals surface area contributed by atoms with Crippen molar-refractivity contribution in [1.29, 1.82) is 0 Å². The Labute approximate surface area is 158 Å². The van der Waals surface area contributed by atoms with Crippen LogP contribution < -0.4 is 10.1 Å². The van der Waals surface area contributed by atoms with Crippen molar-refractivity contribution in [2.75, 3.05) is 26.7 Å². The lowest BCUT2D eigenvalue weighted by molar-refractivity contribution is 0.0939. The first kappa shape index (κ1) is 17.5. The molecular weight excluding hydrogens is 340 g/mol. The molecule has 1 unspecified atom stereocenters. The summed E-state index contributed by atoms with van der Waals surface area (Å²) in [5, 5.41) is 11.0. The molecule has 1 aromatic heterocycles. The third-order valence-corrected chi connectivity index (χ3v) is 5.26. The lowest BCUT2D eigenvalue weighted by Gasteiger charge is -2.28. The average molecular weight is 364 g/mol. The number of hydrogen-bond acceptors (Lipinski definition) is 4. The van der Waals surface area contributed by atoms with Gasteiger partial charge >= 0.3 is 0 Å². The Morgan fingerprint density at radius 2 is 2.00 bits per heavy atom. The van der Waals surface area contributed by atoms with Gasteiger partial charge in [-0.05, 0) is 49.7 Å². The van der Waals surface area contributed by atoms with Gasteiger partial charge in [-0.15, -0.1) is 0 Å². The van der Waals surface area contributed by atoms with Gasteiger partial charge < -0.3 is 10.1 Å². The lowest BCUT2D eigenvalue weighted by atomic mass is 10.0. The minimum absolute atomic E-state index is 0.0810. The molecule has 6 heteroatoms. The number of fused-ring (bicyclic) bond motifs is 1. The number of carbonyl (C=O) groups is 1. The van der Waals surface area contributed by atoms with E-state index in [9.17, 15) is 4.79 Å². The molecule has 1 amide bonds. The summed E-state index contributed by atoms with van der Waals surface area (Å²) in [5.41, 5.74) is 2.59. The second-order valence-electron chi connectivity index (χ2n) is 6.88. The van der Waals surface area contributed by atoms with E-state index in [1.54, 1.807) is 13.3 Å². The van der Waals surface area contributed by atoms with Gasteiger partial charge in [0, 0.05) is 11.9 Å². The van der Waals surface area contributed by atoms with Crippen LogP contribution in [-0.4, -0.2) is 47.7 Å². The van der Waals surface area contributed by atoms with Crippen LogP contribution in [0, 0.1) is 0 Å². The van der Waals surface area contributed by atoms with Crippen molar-refractivity contribution < 1.29 is 9.53 Å². The molecule has 27 heavy (non-hydrogen) atoms. The van der Waals surface area contributed by atoms with Gasteiger partial charge in [0.2, 0.25) is 0 Å². The van der Waals surface area contributed by atoms with E-state index in [0.717, 1.165) is 29.7 Å². The van der Waals surface area contributed by atoms with Gasteiger partial charge in [0.15, 0.2) is 0 Å². The molecule has 0 saturated carbocycles. The highest BCUT2D eigenvalue weighted by atomic mass is 16.5. The maximum atomic E-state index is 12.8. The highest BCUT2D eigenvalue weighted by molar-refractivity contribution is 6.05. The minimum Gasteiger partial charge on any atom is -0.497 e. The summed E-state index contributed by atoms with van der Waals surface area (Å²) in [6, 6.07) is 13.9. The standard InChI is InChI=1S/C21H24N4O2/c1-27-17-9-7-15(8-10-17)19(25-11-2-3-12-25)14-22-21(26)18-6-4-5-16-13-23-24-20(16)18/h4-10,13,19H,2-3,11-12,14H2,1H3,(H,22,26)(H,23,24). The van der Waals surface area contributed by atoms with Gasteiger partial charge in [0.05, 0.1) is 30.4 Å². The number of methoxy groups -OCH3 is 1. The summed E-state index contributed by atoms with van der Waals surface area (Å²) in [6.07, 6.45) is 4.14. The first-order chi connectivity index (χ1) is 13.3. The normalized spacial score (nSPS) is 15.7. The van der Waals surface area contributed by atoms with E-state index in [2.05, 4.69) is 32.5 Å². The predicted molar refractivity (Wildman–Crippen MR) is 105 cm³/mol. The number of hydrogen-bond donors (Lipinski definition) is 2. The zero-order valence-electron chi connectivity index (χ0n) is 15.4. The molecule has 0 radical (unpaired) electrons. The van der Waals surface area contributed by atoms with E-state index < -0.39 is 0 Å². The van der Waals surface area contributed by atoms with Gasteiger partial charge in [-0.25, -0.2) is 0 Å². The van der Waals surface area contributed by atoms with Crippen LogP contribution in [0.5, 0.6) is 5.75 Å². The summed E-state index contributed by atoms with van der Waals surface area (Å²) < 4.78 is 5.27. The molecule has 3 aromatic rings. The molecule has 0 bridgehead atoms.